The third-order valence-electron chi connectivity index (χ3n) is 2.45. The molecule has 0 saturated heterocycles. The fraction of sp³-hybridized carbons (Fsp3) is 0.200. The Bertz CT molecular complexity index is 597. The number of thiophene rings is 1. The fourth-order valence-corrected chi connectivity index (χ4v) is 2.49. The number of benzene rings is 1. The van der Waals surface area contributed by atoms with Crippen molar-refractivity contribution in [1.29, 1.82) is 0 Å². The normalized spacial score (nSPS) is 10.0. The lowest BCUT2D eigenvalue weighted by Crippen LogP contribution is -1.93. The molecule has 2 aromatic rings. The van der Waals surface area contributed by atoms with Gasteiger partial charge in [0.1, 0.15) is 0 Å². The van der Waals surface area contributed by atoms with E-state index >= 15 is 0 Å². The van der Waals surface area contributed by atoms with Crippen LogP contribution in [0.2, 0.25) is 5.02 Å². The summed E-state index contributed by atoms with van der Waals surface area (Å²) < 4.78 is 5.66. The second kappa shape index (κ2) is 7.32. The van der Waals surface area contributed by atoms with E-state index < -0.39 is 0 Å². The zero-order valence-corrected chi connectivity index (χ0v) is 11.9. The Hall–Kier alpha value is -1.31. The first-order valence-electron chi connectivity index (χ1n) is 5.87. The van der Waals surface area contributed by atoms with Crippen LogP contribution in [0.3, 0.4) is 0 Å². The largest absolute Gasteiger partial charge is 0.371 e. The van der Waals surface area contributed by atoms with Crippen molar-refractivity contribution in [2.24, 2.45) is 5.73 Å². The molecule has 0 spiro atoms. The molecule has 2 N–H and O–H groups in total. The maximum absolute atomic E-state index is 6.06. The van der Waals surface area contributed by atoms with Crippen LogP contribution in [-0.2, 0) is 18.0 Å². The third-order valence-corrected chi connectivity index (χ3v) is 3.73. The molecule has 1 heterocycles. The highest BCUT2D eigenvalue weighted by molar-refractivity contribution is 7.10. The van der Waals surface area contributed by atoms with E-state index in [1.165, 1.54) is 0 Å². The molecule has 2 nitrogen and oxygen atoms in total. The lowest BCUT2D eigenvalue weighted by molar-refractivity contribution is 0.109. The van der Waals surface area contributed by atoms with Crippen LogP contribution in [0.5, 0.6) is 0 Å². The van der Waals surface area contributed by atoms with Crippen LogP contribution < -0.4 is 5.73 Å². The smallest absolute Gasteiger partial charge is 0.0814 e. The summed E-state index contributed by atoms with van der Waals surface area (Å²) in [6.45, 7) is 1.47. The van der Waals surface area contributed by atoms with Gasteiger partial charge in [0.25, 0.3) is 0 Å². The van der Waals surface area contributed by atoms with E-state index in [-0.39, 0.29) is 0 Å². The van der Waals surface area contributed by atoms with Crippen molar-refractivity contribution in [3.63, 3.8) is 0 Å². The molecule has 0 saturated carbocycles. The van der Waals surface area contributed by atoms with Gasteiger partial charge in [-0.15, -0.1) is 11.3 Å². The van der Waals surface area contributed by atoms with Gasteiger partial charge in [0.15, 0.2) is 0 Å². The molecule has 0 bridgehead atoms. The van der Waals surface area contributed by atoms with Gasteiger partial charge in [0.05, 0.1) is 19.8 Å². The Balaban J connectivity index is 1.86. The van der Waals surface area contributed by atoms with Crippen molar-refractivity contribution in [1.82, 2.24) is 0 Å². The van der Waals surface area contributed by atoms with Crippen LogP contribution in [0.1, 0.15) is 16.0 Å². The zero-order chi connectivity index (χ0) is 13.5. The second-order valence-corrected chi connectivity index (χ2v) is 5.29. The standard InChI is InChI=1S/C15H14ClNOS/c16-15-6-2-1-5-13(15)9-18-10-14-8-12(11-19-14)4-3-7-17/h1-2,5-6,8,11H,7,9-10,17H2. The van der Waals surface area contributed by atoms with Crippen molar-refractivity contribution < 1.29 is 4.74 Å². The molecule has 0 amide bonds. The predicted molar refractivity (Wildman–Crippen MR) is 80.2 cm³/mol. The minimum Gasteiger partial charge on any atom is -0.371 e. The molecule has 19 heavy (non-hydrogen) atoms. The molecular weight excluding hydrogens is 278 g/mol. The van der Waals surface area contributed by atoms with Gasteiger partial charge < -0.3 is 10.5 Å². The maximum atomic E-state index is 6.06. The molecular formula is C15H14ClNOS. The highest BCUT2D eigenvalue weighted by atomic mass is 35.5. The van der Waals surface area contributed by atoms with E-state index in [4.69, 9.17) is 22.1 Å². The Morgan fingerprint density at radius 3 is 2.89 bits per heavy atom. The van der Waals surface area contributed by atoms with E-state index in [0.717, 1.165) is 21.0 Å². The summed E-state index contributed by atoms with van der Waals surface area (Å²) in [6.07, 6.45) is 0. The molecule has 1 aromatic heterocycles. The first kappa shape index (κ1) is 14.1. The van der Waals surface area contributed by atoms with Gasteiger partial charge in [-0.3, -0.25) is 0 Å². The van der Waals surface area contributed by atoms with Gasteiger partial charge >= 0.3 is 0 Å². The first-order valence-corrected chi connectivity index (χ1v) is 7.13. The fourth-order valence-electron chi connectivity index (χ4n) is 1.55. The summed E-state index contributed by atoms with van der Waals surface area (Å²) in [5.74, 6) is 5.83. The molecule has 0 aliphatic carbocycles. The maximum Gasteiger partial charge on any atom is 0.0814 e. The summed E-state index contributed by atoms with van der Waals surface area (Å²) >= 11 is 7.70. The molecule has 98 valence electrons. The quantitative estimate of drug-likeness (QED) is 0.876. The zero-order valence-electron chi connectivity index (χ0n) is 10.4. The van der Waals surface area contributed by atoms with Crippen molar-refractivity contribution in [2.75, 3.05) is 6.54 Å². The summed E-state index contributed by atoms with van der Waals surface area (Å²) in [5, 5.41) is 2.75. The number of ether oxygens (including phenoxy) is 1. The Kier molecular flexibility index (Phi) is 5.44. The van der Waals surface area contributed by atoms with Crippen LogP contribution >= 0.6 is 22.9 Å². The minimum absolute atomic E-state index is 0.383. The van der Waals surface area contributed by atoms with Crippen molar-refractivity contribution in [3.05, 3.63) is 56.7 Å². The minimum atomic E-state index is 0.383. The number of hydrogen-bond acceptors (Lipinski definition) is 3. The third kappa shape index (κ3) is 4.38. The number of nitrogens with two attached hydrogens (primary N) is 1. The average molecular weight is 292 g/mol. The van der Waals surface area contributed by atoms with E-state index in [2.05, 4.69) is 11.8 Å². The Labute approximate surface area is 122 Å². The Morgan fingerprint density at radius 2 is 2.11 bits per heavy atom. The molecule has 4 heteroatoms. The summed E-state index contributed by atoms with van der Waals surface area (Å²) in [4.78, 5) is 1.15. The van der Waals surface area contributed by atoms with Gasteiger partial charge in [-0.25, -0.2) is 0 Å². The van der Waals surface area contributed by atoms with E-state index in [1.807, 2.05) is 35.7 Å². The Morgan fingerprint density at radius 1 is 1.26 bits per heavy atom. The SMILES string of the molecule is NCC#Cc1csc(COCc2ccccc2Cl)c1. The summed E-state index contributed by atoms with van der Waals surface area (Å²) in [5.41, 5.74) is 7.33. The molecule has 0 aliphatic rings. The molecule has 0 fully saturated rings. The monoisotopic (exact) mass is 291 g/mol. The first-order chi connectivity index (χ1) is 9.29. The van der Waals surface area contributed by atoms with Gasteiger partial charge in [-0.2, -0.15) is 0 Å². The van der Waals surface area contributed by atoms with Gasteiger partial charge in [0.2, 0.25) is 0 Å². The molecule has 2 rings (SSSR count). The van der Waals surface area contributed by atoms with E-state index in [9.17, 15) is 0 Å². The van der Waals surface area contributed by atoms with Crippen molar-refractivity contribution in [2.45, 2.75) is 13.2 Å². The summed E-state index contributed by atoms with van der Waals surface area (Å²) in [6, 6.07) is 9.73. The number of halogens is 1. The van der Waals surface area contributed by atoms with Crippen LogP contribution in [0.15, 0.2) is 35.7 Å². The lowest BCUT2D eigenvalue weighted by Gasteiger charge is -2.04. The highest BCUT2D eigenvalue weighted by Crippen LogP contribution is 2.18. The number of hydrogen-bond donors (Lipinski definition) is 1. The van der Waals surface area contributed by atoms with Crippen molar-refractivity contribution >= 4 is 22.9 Å². The van der Waals surface area contributed by atoms with Crippen LogP contribution in [-0.4, -0.2) is 6.54 Å². The van der Waals surface area contributed by atoms with E-state index in [0.29, 0.717) is 19.8 Å². The van der Waals surface area contributed by atoms with Gasteiger partial charge in [-0.1, -0.05) is 41.6 Å². The molecule has 0 unspecified atom stereocenters. The lowest BCUT2D eigenvalue weighted by atomic mass is 10.2. The molecule has 0 aliphatic heterocycles. The molecule has 1 aromatic carbocycles. The van der Waals surface area contributed by atoms with E-state index in [1.54, 1.807) is 11.3 Å². The van der Waals surface area contributed by atoms with Gasteiger partial charge in [0, 0.05) is 20.8 Å². The molecule has 0 radical (unpaired) electrons. The van der Waals surface area contributed by atoms with Crippen LogP contribution in [0, 0.1) is 11.8 Å². The van der Waals surface area contributed by atoms with Gasteiger partial charge in [-0.05, 0) is 17.7 Å². The summed E-state index contributed by atoms with van der Waals surface area (Å²) in [7, 11) is 0. The predicted octanol–water partition coefficient (Wildman–Crippen LogP) is 3.43. The van der Waals surface area contributed by atoms with Crippen LogP contribution in [0.4, 0.5) is 0 Å². The van der Waals surface area contributed by atoms with Crippen molar-refractivity contribution in [3.8, 4) is 11.8 Å². The topological polar surface area (TPSA) is 35.2 Å². The second-order valence-electron chi connectivity index (χ2n) is 3.89. The average Bonchev–Trinajstić information content (AvgIpc) is 2.86. The number of rotatable bonds is 4. The highest BCUT2D eigenvalue weighted by Gasteiger charge is 2.01. The van der Waals surface area contributed by atoms with Crippen LogP contribution in [0.25, 0.3) is 0 Å². The molecule has 0 atom stereocenters.